The molecule has 0 saturated carbocycles. The van der Waals surface area contributed by atoms with Crippen molar-refractivity contribution < 1.29 is 4.74 Å². The molecular weight excluding hydrogens is 316 g/mol. The molecule has 0 radical (unpaired) electrons. The van der Waals surface area contributed by atoms with Gasteiger partial charge in [-0.2, -0.15) is 5.10 Å². The van der Waals surface area contributed by atoms with E-state index in [1.165, 1.54) is 11.3 Å². The average molecular weight is 340 g/mol. The molecule has 0 aliphatic carbocycles. The van der Waals surface area contributed by atoms with Crippen molar-refractivity contribution in [1.82, 2.24) is 29.7 Å². The molecule has 132 valence electrons. The molecule has 7 heteroatoms. The van der Waals surface area contributed by atoms with Gasteiger partial charge in [-0.15, -0.1) is 5.10 Å². The Labute approximate surface area is 147 Å². The molecule has 0 aliphatic heterocycles. The quantitative estimate of drug-likeness (QED) is 0.627. The summed E-state index contributed by atoms with van der Waals surface area (Å²) in [7, 11) is 5.72. The fourth-order valence-corrected chi connectivity index (χ4v) is 2.77. The van der Waals surface area contributed by atoms with Gasteiger partial charge in [0, 0.05) is 51.2 Å². The maximum Gasteiger partial charge on any atom is 0.118 e. The van der Waals surface area contributed by atoms with E-state index in [4.69, 9.17) is 4.74 Å². The second-order valence-corrected chi connectivity index (χ2v) is 6.19. The largest absolute Gasteiger partial charge is 0.497 e. The van der Waals surface area contributed by atoms with E-state index in [0.29, 0.717) is 0 Å². The lowest BCUT2D eigenvalue weighted by Gasteiger charge is -2.15. The SMILES string of the molecule is COc1ccc(CN(C)Cc2cn(CCc3ccnn3C)nn2)cc1. The second-order valence-electron chi connectivity index (χ2n) is 6.19. The van der Waals surface area contributed by atoms with Crippen molar-refractivity contribution in [3.8, 4) is 5.75 Å². The highest BCUT2D eigenvalue weighted by molar-refractivity contribution is 5.27. The van der Waals surface area contributed by atoms with Crippen molar-refractivity contribution in [3.63, 3.8) is 0 Å². The standard InChI is InChI=1S/C18H24N6O/c1-22(12-15-4-6-18(25-3)7-5-15)13-16-14-24(21-20-16)11-9-17-8-10-19-23(17)2/h4-8,10,14H,9,11-13H2,1-3H3. The van der Waals surface area contributed by atoms with Crippen LogP contribution in [0.2, 0.25) is 0 Å². The van der Waals surface area contributed by atoms with Crippen LogP contribution in [0.5, 0.6) is 5.75 Å². The van der Waals surface area contributed by atoms with Crippen LogP contribution in [-0.2, 0) is 33.1 Å². The molecule has 0 fully saturated rings. The van der Waals surface area contributed by atoms with E-state index in [2.05, 4.69) is 39.5 Å². The number of aryl methyl sites for hydroxylation is 3. The normalized spacial score (nSPS) is 11.2. The molecule has 0 atom stereocenters. The van der Waals surface area contributed by atoms with Crippen molar-refractivity contribution in [1.29, 1.82) is 0 Å². The zero-order valence-electron chi connectivity index (χ0n) is 15.0. The molecule has 0 N–H and O–H groups in total. The maximum absolute atomic E-state index is 5.19. The molecule has 0 saturated heterocycles. The molecule has 1 aromatic carbocycles. The minimum atomic E-state index is 0.762. The van der Waals surface area contributed by atoms with Gasteiger partial charge < -0.3 is 4.74 Å². The van der Waals surface area contributed by atoms with E-state index < -0.39 is 0 Å². The Morgan fingerprint density at radius 2 is 1.92 bits per heavy atom. The highest BCUT2D eigenvalue weighted by atomic mass is 16.5. The van der Waals surface area contributed by atoms with Gasteiger partial charge in [0.1, 0.15) is 5.75 Å². The molecule has 2 aromatic heterocycles. The van der Waals surface area contributed by atoms with Crippen LogP contribution in [0.1, 0.15) is 17.0 Å². The number of benzene rings is 1. The van der Waals surface area contributed by atoms with Gasteiger partial charge in [-0.25, -0.2) is 0 Å². The highest BCUT2D eigenvalue weighted by Gasteiger charge is 2.07. The van der Waals surface area contributed by atoms with Gasteiger partial charge in [-0.3, -0.25) is 14.3 Å². The molecule has 0 unspecified atom stereocenters. The van der Waals surface area contributed by atoms with Crippen LogP contribution in [0.25, 0.3) is 0 Å². The number of hydrogen-bond donors (Lipinski definition) is 0. The smallest absolute Gasteiger partial charge is 0.118 e. The van der Waals surface area contributed by atoms with Crippen LogP contribution >= 0.6 is 0 Å². The Kier molecular flexibility index (Phi) is 5.45. The van der Waals surface area contributed by atoms with Gasteiger partial charge in [-0.05, 0) is 30.8 Å². The molecular formula is C18H24N6O. The summed E-state index contributed by atoms with van der Waals surface area (Å²) in [6.07, 6.45) is 4.72. The van der Waals surface area contributed by atoms with E-state index >= 15 is 0 Å². The van der Waals surface area contributed by atoms with Gasteiger partial charge >= 0.3 is 0 Å². The number of ether oxygens (including phenoxy) is 1. The third kappa shape index (κ3) is 4.67. The summed E-state index contributed by atoms with van der Waals surface area (Å²) in [6.45, 7) is 2.42. The highest BCUT2D eigenvalue weighted by Crippen LogP contribution is 2.13. The Balaban J connectivity index is 1.50. The van der Waals surface area contributed by atoms with Crippen LogP contribution < -0.4 is 4.74 Å². The minimum Gasteiger partial charge on any atom is -0.497 e. The van der Waals surface area contributed by atoms with Gasteiger partial charge in [0.15, 0.2) is 0 Å². The fraction of sp³-hybridized carbons (Fsp3) is 0.389. The third-order valence-electron chi connectivity index (χ3n) is 4.15. The van der Waals surface area contributed by atoms with E-state index in [-0.39, 0.29) is 0 Å². The van der Waals surface area contributed by atoms with Crippen LogP contribution in [0.4, 0.5) is 0 Å². The molecule has 0 aliphatic rings. The van der Waals surface area contributed by atoms with E-state index in [9.17, 15) is 0 Å². The minimum absolute atomic E-state index is 0.762. The molecule has 0 amide bonds. The first kappa shape index (κ1) is 17.2. The third-order valence-corrected chi connectivity index (χ3v) is 4.15. The molecule has 2 heterocycles. The van der Waals surface area contributed by atoms with Crippen molar-refractivity contribution in [2.24, 2.45) is 7.05 Å². The van der Waals surface area contributed by atoms with Gasteiger partial charge in [0.2, 0.25) is 0 Å². The summed E-state index contributed by atoms with van der Waals surface area (Å²) in [5.74, 6) is 0.878. The van der Waals surface area contributed by atoms with Crippen LogP contribution in [0.3, 0.4) is 0 Å². The van der Waals surface area contributed by atoms with Crippen LogP contribution in [0.15, 0.2) is 42.7 Å². The van der Waals surface area contributed by atoms with Crippen molar-refractivity contribution in [3.05, 3.63) is 59.7 Å². The Bertz CT molecular complexity index is 792. The van der Waals surface area contributed by atoms with Crippen molar-refractivity contribution in [2.45, 2.75) is 26.1 Å². The molecule has 7 nitrogen and oxygen atoms in total. The Hall–Kier alpha value is -2.67. The lowest BCUT2D eigenvalue weighted by molar-refractivity contribution is 0.314. The summed E-state index contributed by atoms with van der Waals surface area (Å²) >= 11 is 0. The van der Waals surface area contributed by atoms with Crippen LogP contribution in [0, 0.1) is 0 Å². The van der Waals surface area contributed by atoms with Crippen LogP contribution in [-0.4, -0.2) is 43.8 Å². The first-order valence-electron chi connectivity index (χ1n) is 8.31. The maximum atomic E-state index is 5.19. The summed E-state index contributed by atoms with van der Waals surface area (Å²) in [5.41, 5.74) is 3.40. The van der Waals surface area contributed by atoms with E-state index in [1.807, 2.05) is 47.0 Å². The lowest BCUT2D eigenvalue weighted by atomic mass is 10.2. The topological polar surface area (TPSA) is 61.0 Å². The molecule has 3 aromatic rings. The van der Waals surface area contributed by atoms with Gasteiger partial charge in [0.05, 0.1) is 12.8 Å². The zero-order chi connectivity index (χ0) is 17.6. The first-order valence-corrected chi connectivity index (χ1v) is 8.31. The van der Waals surface area contributed by atoms with Gasteiger partial charge in [-0.1, -0.05) is 17.3 Å². The Morgan fingerprint density at radius 1 is 1.12 bits per heavy atom. The summed E-state index contributed by atoms with van der Waals surface area (Å²) in [5, 5.41) is 12.7. The average Bonchev–Trinajstić information content (AvgIpc) is 3.22. The number of hydrogen-bond acceptors (Lipinski definition) is 5. The predicted molar refractivity (Wildman–Crippen MR) is 95.1 cm³/mol. The number of methoxy groups -OCH3 is 1. The van der Waals surface area contributed by atoms with Crippen molar-refractivity contribution in [2.75, 3.05) is 14.2 Å². The number of rotatable bonds is 8. The van der Waals surface area contributed by atoms with Crippen molar-refractivity contribution >= 4 is 0 Å². The van der Waals surface area contributed by atoms with Gasteiger partial charge in [0.25, 0.3) is 0 Å². The number of aromatic nitrogens is 5. The lowest BCUT2D eigenvalue weighted by Crippen LogP contribution is -2.17. The second kappa shape index (κ2) is 7.94. The fourth-order valence-electron chi connectivity index (χ4n) is 2.77. The predicted octanol–water partition coefficient (Wildman–Crippen LogP) is 1.89. The summed E-state index contributed by atoms with van der Waals surface area (Å²) < 4.78 is 8.97. The van der Waals surface area contributed by atoms with E-state index in [1.54, 1.807) is 7.11 Å². The van der Waals surface area contributed by atoms with E-state index in [0.717, 1.165) is 37.5 Å². The summed E-state index contributed by atoms with van der Waals surface area (Å²) in [4.78, 5) is 2.22. The molecule has 0 spiro atoms. The Morgan fingerprint density at radius 3 is 2.60 bits per heavy atom. The first-order chi connectivity index (χ1) is 12.1. The zero-order valence-corrected chi connectivity index (χ0v) is 15.0. The number of nitrogens with zero attached hydrogens (tertiary/aromatic N) is 6. The summed E-state index contributed by atoms with van der Waals surface area (Å²) in [6, 6.07) is 10.2. The monoisotopic (exact) mass is 340 g/mol. The molecule has 25 heavy (non-hydrogen) atoms. The molecule has 0 bridgehead atoms. The molecule has 3 rings (SSSR count).